The third-order valence-electron chi connectivity index (χ3n) is 3.46. The number of hydrogen-bond acceptors (Lipinski definition) is 2. The molecule has 104 valence electrons. The summed E-state index contributed by atoms with van der Waals surface area (Å²) < 4.78 is 40.1. The molecule has 0 atom stereocenters. The van der Waals surface area contributed by atoms with Gasteiger partial charge in [-0.3, -0.25) is 4.40 Å². The molecule has 0 aliphatic rings. The Morgan fingerprint density at radius 3 is 2.57 bits per heavy atom. The smallest absolute Gasteiger partial charge is 0.276 e. The SMILES string of the molecule is FC(F)(F)c1ccc2c(cnc3nc4ccccc4n32)c1. The lowest BCUT2D eigenvalue weighted by molar-refractivity contribution is -0.137. The molecule has 2 aromatic carbocycles. The van der Waals surface area contributed by atoms with E-state index in [2.05, 4.69) is 9.97 Å². The van der Waals surface area contributed by atoms with Crippen molar-refractivity contribution < 1.29 is 13.2 Å². The third-order valence-corrected chi connectivity index (χ3v) is 3.46. The summed E-state index contributed by atoms with van der Waals surface area (Å²) in [6, 6.07) is 11.1. The van der Waals surface area contributed by atoms with Crippen LogP contribution in [0.5, 0.6) is 0 Å². The normalized spacial score (nSPS) is 12.5. The lowest BCUT2D eigenvalue weighted by Crippen LogP contribution is -2.05. The summed E-state index contributed by atoms with van der Waals surface area (Å²) in [4.78, 5) is 8.52. The van der Waals surface area contributed by atoms with Gasteiger partial charge in [0.1, 0.15) is 0 Å². The minimum atomic E-state index is -4.36. The van der Waals surface area contributed by atoms with Crippen molar-refractivity contribution in [2.75, 3.05) is 0 Å². The molecule has 2 heterocycles. The fraction of sp³-hybridized carbons (Fsp3) is 0.0667. The van der Waals surface area contributed by atoms with Gasteiger partial charge < -0.3 is 0 Å². The molecule has 4 rings (SSSR count). The number of imidazole rings is 1. The minimum Gasteiger partial charge on any atom is -0.276 e. The Labute approximate surface area is 116 Å². The van der Waals surface area contributed by atoms with E-state index in [1.165, 1.54) is 12.3 Å². The number of halogens is 3. The van der Waals surface area contributed by atoms with Gasteiger partial charge in [-0.05, 0) is 30.3 Å². The molecule has 0 amide bonds. The minimum absolute atomic E-state index is 0.431. The van der Waals surface area contributed by atoms with Crippen LogP contribution in [0, 0.1) is 0 Å². The molecule has 0 saturated carbocycles. The van der Waals surface area contributed by atoms with Crippen LogP contribution in [0.4, 0.5) is 13.2 Å². The molecule has 0 unspecified atom stereocenters. The summed E-state index contributed by atoms with van der Waals surface area (Å²) in [5, 5.41) is 0.431. The standard InChI is InChI=1S/C15H8F3N3/c16-15(17,18)10-5-6-12-9(7-10)8-19-14-20-11-3-1-2-4-13(11)21(12)14/h1-8H. The van der Waals surface area contributed by atoms with Crippen molar-refractivity contribution in [1.82, 2.24) is 14.4 Å². The van der Waals surface area contributed by atoms with E-state index in [9.17, 15) is 13.2 Å². The lowest BCUT2D eigenvalue weighted by atomic mass is 10.1. The second-order valence-electron chi connectivity index (χ2n) is 4.77. The largest absolute Gasteiger partial charge is 0.416 e. The predicted octanol–water partition coefficient (Wildman–Crippen LogP) is 4.05. The molecular weight excluding hydrogens is 279 g/mol. The average Bonchev–Trinajstić information content (AvgIpc) is 2.84. The molecular formula is C15H8F3N3. The average molecular weight is 287 g/mol. The molecule has 0 N–H and O–H groups in total. The Bertz CT molecular complexity index is 986. The van der Waals surface area contributed by atoms with Gasteiger partial charge in [0, 0.05) is 11.6 Å². The van der Waals surface area contributed by atoms with E-state index >= 15 is 0 Å². The maximum absolute atomic E-state index is 12.8. The van der Waals surface area contributed by atoms with Gasteiger partial charge in [0.25, 0.3) is 0 Å². The van der Waals surface area contributed by atoms with Crippen LogP contribution in [0.25, 0.3) is 27.7 Å². The quantitative estimate of drug-likeness (QED) is 0.488. The highest BCUT2D eigenvalue weighted by Crippen LogP contribution is 2.32. The number of rotatable bonds is 0. The Hall–Kier alpha value is -2.63. The molecule has 0 radical (unpaired) electrons. The van der Waals surface area contributed by atoms with Gasteiger partial charge in [0.2, 0.25) is 5.78 Å². The number of nitrogens with zero attached hydrogens (tertiary/aromatic N) is 3. The second-order valence-corrected chi connectivity index (χ2v) is 4.77. The van der Waals surface area contributed by atoms with Crippen LogP contribution in [-0.2, 0) is 6.18 Å². The molecule has 0 spiro atoms. The zero-order valence-electron chi connectivity index (χ0n) is 10.6. The summed E-state index contributed by atoms with van der Waals surface area (Å²) in [7, 11) is 0. The van der Waals surface area contributed by atoms with E-state index in [-0.39, 0.29) is 0 Å². The summed E-state index contributed by atoms with van der Waals surface area (Å²) >= 11 is 0. The predicted molar refractivity (Wildman–Crippen MR) is 73.0 cm³/mol. The fourth-order valence-corrected chi connectivity index (χ4v) is 2.50. The van der Waals surface area contributed by atoms with Crippen LogP contribution in [-0.4, -0.2) is 14.4 Å². The lowest BCUT2D eigenvalue weighted by Gasteiger charge is -2.08. The third kappa shape index (κ3) is 1.75. The zero-order valence-corrected chi connectivity index (χ0v) is 10.6. The first-order valence-electron chi connectivity index (χ1n) is 6.27. The van der Waals surface area contributed by atoms with E-state index in [1.54, 1.807) is 4.40 Å². The Balaban J connectivity index is 2.14. The highest BCUT2D eigenvalue weighted by Gasteiger charge is 2.30. The van der Waals surface area contributed by atoms with Crippen LogP contribution in [0.15, 0.2) is 48.7 Å². The first-order valence-corrected chi connectivity index (χ1v) is 6.27. The second kappa shape index (κ2) is 3.94. The Kier molecular flexibility index (Phi) is 2.28. The van der Waals surface area contributed by atoms with Crippen molar-refractivity contribution in [3.8, 4) is 0 Å². The molecule has 0 aliphatic heterocycles. The van der Waals surface area contributed by atoms with Crippen LogP contribution in [0.1, 0.15) is 5.56 Å². The monoisotopic (exact) mass is 287 g/mol. The highest BCUT2D eigenvalue weighted by atomic mass is 19.4. The molecule has 0 aliphatic carbocycles. The Morgan fingerprint density at radius 1 is 0.952 bits per heavy atom. The number of alkyl halides is 3. The van der Waals surface area contributed by atoms with Gasteiger partial charge in [-0.15, -0.1) is 0 Å². The number of aromatic nitrogens is 3. The molecule has 2 aromatic heterocycles. The fourth-order valence-electron chi connectivity index (χ4n) is 2.50. The van der Waals surface area contributed by atoms with Crippen LogP contribution >= 0.6 is 0 Å². The van der Waals surface area contributed by atoms with Crippen molar-refractivity contribution in [2.45, 2.75) is 6.18 Å². The van der Waals surface area contributed by atoms with Crippen LogP contribution < -0.4 is 0 Å². The number of fused-ring (bicyclic) bond motifs is 5. The topological polar surface area (TPSA) is 30.2 Å². The van der Waals surface area contributed by atoms with Crippen molar-refractivity contribution in [3.05, 3.63) is 54.2 Å². The highest BCUT2D eigenvalue weighted by molar-refractivity contribution is 5.89. The number of hydrogen-bond donors (Lipinski definition) is 0. The molecule has 0 saturated heterocycles. The summed E-state index contributed by atoms with van der Waals surface area (Å²) in [5.74, 6) is 0.475. The molecule has 3 nitrogen and oxygen atoms in total. The molecule has 6 heteroatoms. The van der Waals surface area contributed by atoms with E-state index in [0.717, 1.165) is 23.2 Å². The van der Waals surface area contributed by atoms with Gasteiger partial charge in [0.15, 0.2) is 0 Å². The summed E-state index contributed by atoms with van der Waals surface area (Å²) in [5.41, 5.74) is 1.56. The van der Waals surface area contributed by atoms with E-state index in [0.29, 0.717) is 16.7 Å². The van der Waals surface area contributed by atoms with Gasteiger partial charge in [-0.2, -0.15) is 13.2 Å². The van der Waals surface area contributed by atoms with E-state index < -0.39 is 11.7 Å². The summed E-state index contributed by atoms with van der Waals surface area (Å²) in [6.07, 6.45) is -2.94. The maximum Gasteiger partial charge on any atom is 0.416 e. The summed E-state index contributed by atoms with van der Waals surface area (Å²) in [6.45, 7) is 0. The number of benzene rings is 2. The van der Waals surface area contributed by atoms with Crippen LogP contribution in [0.3, 0.4) is 0 Å². The van der Waals surface area contributed by atoms with Gasteiger partial charge >= 0.3 is 6.18 Å². The van der Waals surface area contributed by atoms with Gasteiger partial charge in [0.05, 0.1) is 22.1 Å². The van der Waals surface area contributed by atoms with Crippen molar-refractivity contribution in [2.24, 2.45) is 0 Å². The molecule has 4 aromatic rings. The van der Waals surface area contributed by atoms with Crippen molar-refractivity contribution in [1.29, 1.82) is 0 Å². The zero-order chi connectivity index (χ0) is 14.6. The van der Waals surface area contributed by atoms with Gasteiger partial charge in [-0.1, -0.05) is 12.1 Å². The Morgan fingerprint density at radius 2 is 1.76 bits per heavy atom. The first-order chi connectivity index (χ1) is 10.0. The van der Waals surface area contributed by atoms with Gasteiger partial charge in [-0.25, -0.2) is 9.97 Å². The van der Waals surface area contributed by atoms with Crippen molar-refractivity contribution >= 4 is 27.7 Å². The van der Waals surface area contributed by atoms with E-state index in [1.807, 2.05) is 24.3 Å². The maximum atomic E-state index is 12.8. The van der Waals surface area contributed by atoms with Crippen LogP contribution in [0.2, 0.25) is 0 Å². The first kappa shape index (κ1) is 12.1. The number of para-hydroxylation sites is 2. The molecule has 0 bridgehead atoms. The molecule has 0 fully saturated rings. The van der Waals surface area contributed by atoms with E-state index in [4.69, 9.17) is 0 Å². The van der Waals surface area contributed by atoms with Crippen molar-refractivity contribution in [3.63, 3.8) is 0 Å². The molecule has 21 heavy (non-hydrogen) atoms.